The molecule has 0 saturated carbocycles. The summed E-state index contributed by atoms with van der Waals surface area (Å²) in [6.07, 6.45) is 4.89. The third-order valence-electron chi connectivity index (χ3n) is 4.24. The molecule has 1 N–H and O–H groups in total. The molecule has 0 radical (unpaired) electrons. The highest BCUT2D eigenvalue weighted by molar-refractivity contribution is 5.82. The molecule has 1 aromatic heterocycles. The Morgan fingerprint density at radius 1 is 1.40 bits per heavy atom. The first-order chi connectivity index (χ1) is 12.0. The average Bonchev–Trinajstić information content (AvgIpc) is 3.11. The molecule has 1 aromatic carbocycles. The molecule has 6 nitrogen and oxygen atoms in total. The number of hydrogen-bond donors (Lipinski definition) is 1. The molecule has 1 atom stereocenters. The number of benzene rings is 1. The van der Waals surface area contributed by atoms with Gasteiger partial charge in [0.05, 0.1) is 12.2 Å². The van der Waals surface area contributed by atoms with Crippen LogP contribution in [0.15, 0.2) is 36.7 Å². The maximum atomic E-state index is 13.2. The summed E-state index contributed by atoms with van der Waals surface area (Å²) in [5.41, 5.74) is 1.75. The monoisotopic (exact) mass is 344 g/mol. The van der Waals surface area contributed by atoms with Crippen LogP contribution in [0.2, 0.25) is 0 Å². The van der Waals surface area contributed by atoms with Crippen LogP contribution in [-0.4, -0.2) is 39.1 Å². The van der Waals surface area contributed by atoms with Crippen molar-refractivity contribution in [2.75, 3.05) is 6.54 Å². The molecule has 1 aliphatic heterocycles. The van der Waals surface area contributed by atoms with Crippen LogP contribution in [-0.2, 0) is 29.6 Å². The van der Waals surface area contributed by atoms with Gasteiger partial charge in [0.1, 0.15) is 5.82 Å². The number of carbonyl (C=O) groups excluding carboxylic acids is 2. The van der Waals surface area contributed by atoms with Gasteiger partial charge < -0.3 is 10.2 Å². The van der Waals surface area contributed by atoms with Crippen LogP contribution in [0, 0.1) is 5.82 Å². The van der Waals surface area contributed by atoms with Gasteiger partial charge in [0.15, 0.2) is 0 Å². The minimum absolute atomic E-state index is 0.0261. The first kappa shape index (κ1) is 17.1. The summed E-state index contributed by atoms with van der Waals surface area (Å²) in [5, 5.41) is 6.98. The number of nitrogens with one attached hydrogen (secondary N) is 1. The van der Waals surface area contributed by atoms with E-state index >= 15 is 0 Å². The zero-order valence-electron chi connectivity index (χ0n) is 14.1. The minimum atomic E-state index is -0.315. The summed E-state index contributed by atoms with van der Waals surface area (Å²) in [7, 11) is 1.83. The zero-order valence-corrected chi connectivity index (χ0v) is 14.1. The standard InChI is InChI=1S/C18H21FN4O2/c1-22-10-14(9-20-22)5-6-17(24)21-16-8-18(25)23(12-16)11-13-3-2-4-15(19)7-13/h2-4,7,9-10,16H,5-6,8,11-12H2,1H3,(H,21,24)/t16-/m1/s1. The Bertz CT molecular complexity index is 774. The van der Waals surface area contributed by atoms with E-state index in [2.05, 4.69) is 10.4 Å². The smallest absolute Gasteiger partial charge is 0.225 e. The van der Waals surface area contributed by atoms with Gasteiger partial charge >= 0.3 is 0 Å². The number of carbonyl (C=O) groups is 2. The molecular weight excluding hydrogens is 323 g/mol. The van der Waals surface area contributed by atoms with E-state index in [1.807, 2.05) is 13.2 Å². The second kappa shape index (κ2) is 7.46. The Morgan fingerprint density at radius 2 is 2.24 bits per heavy atom. The van der Waals surface area contributed by atoms with Crippen LogP contribution in [0.25, 0.3) is 0 Å². The highest BCUT2D eigenvalue weighted by Gasteiger charge is 2.30. The summed E-state index contributed by atoms with van der Waals surface area (Å²) in [6.45, 7) is 0.812. The molecule has 25 heavy (non-hydrogen) atoms. The molecule has 2 aromatic rings. The Hall–Kier alpha value is -2.70. The summed E-state index contributed by atoms with van der Waals surface area (Å²) in [4.78, 5) is 25.8. The lowest BCUT2D eigenvalue weighted by Crippen LogP contribution is -2.37. The molecule has 3 rings (SSSR count). The molecule has 1 aliphatic rings. The van der Waals surface area contributed by atoms with E-state index in [9.17, 15) is 14.0 Å². The van der Waals surface area contributed by atoms with E-state index in [1.54, 1.807) is 27.9 Å². The maximum absolute atomic E-state index is 13.2. The first-order valence-electron chi connectivity index (χ1n) is 8.29. The third-order valence-corrected chi connectivity index (χ3v) is 4.24. The van der Waals surface area contributed by atoms with E-state index in [1.165, 1.54) is 12.1 Å². The van der Waals surface area contributed by atoms with Crippen LogP contribution in [0.1, 0.15) is 24.0 Å². The number of likely N-dealkylation sites (tertiary alicyclic amines) is 1. The van der Waals surface area contributed by atoms with Gasteiger partial charge in [0.2, 0.25) is 11.8 Å². The van der Waals surface area contributed by atoms with Gasteiger partial charge in [-0.15, -0.1) is 0 Å². The van der Waals surface area contributed by atoms with Crippen molar-refractivity contribution in [2.45, 2.75) is 31.8 Å². The Kier molecular flexibility index (Phi) is 5.11. The van der Waals surface area contributed by atoms with Crippen molar-refractivity contribution in [3.8, 4) is 0 Å². The van der Waals surface area contributed by atoms with Gasteiger partial charge in [-0.25, -0.2) is 4.39 Å². The van der Waals surface area contributed by atoms with Gasteiger partial charge in [0, 0.05) is 39.2 Å². The van der Waals surface area contributed by atoms with Crippen LogP contribution in [0.5, 0.6) is 0 Å². The van der Waals surface area contributed by atoms with Crippen LogP contribution in [0.4, 0.5) is 4.39 Å². The van der Waals surface area contributed by atoms with Gasteiger partial charge in [-0.05, 0) is 29.7 Å². The molecule has 1 saturated heterocycles. The molecule has 0 bridgehead atoms. The molecule has 7 heteroatoms. The molecular formula is C18H21FN4O2. The van der Waals surface area contributed by atoms with E-state index in [0.29, 0.717) is 25.9 Å². The molecule has 132 valence electrons. The SMILES string of the molecule is Cn1cc(CCC(=O)N[C@@H]2CC(=O)N(Cc3cccc(F)c3)C2)cn1. The van der Waals surface area contributed by atoms with Crippen molar-refractivity contribution in [3.63, 3.8) is 0 Å². The fraction of sp³-hybridized carbons (Fsp3) is 0.389. The normalized spacial score (nSPS) is 17.1. The molecule has 0 unspecified atom stereocenters. The van der Waals surface area contributed by atoms with Crippen molar-refractivity contribution >= 4 is 11.8 Å². The number of rotatable bonds is 6. The topological polar surface area (TPSA) is 67.2 Å². The van der Waals surface area contributed by atoms with Crippen LogP contribution >= 0.6 is 0 Å². The van der Waals surface area contributed by atoms with Crippen LogP contribution < -0.4 is 5.32 Å². The van der Waals surface area contributed by atoms with Gasteiger partial charge in [0.25, 0.3) is 0 Å². The second-order valence-electron chi connectivity index (χ2n) is 6.39. The quantitative estimate of drug-likeness (QED) is 0.862. The van der Waals surface area contributed by atoms with E-state index in [4.69, 9.17) is 0 Å². The molecule has 2 heterocycles. The van der Waals surface area contributed by atoms with Crippen molar-refractivity contribution in [1.29, 1.82) is 0 Å². The van der Waals surface area contributed by atoms with Gasteiger partial charge in [-0.3, -0.25) is 14.3 Å². The number of aromatic nitrogens is 2. The van der Waals surface area contributed by atoms with Gasteiger partial charge in [-0.2, -0.15) is 5.10 Å². The number of halogens is 1. The van der Waals surface area contributed by atoms with E-state index in [-0.39, 0.29) is 30.1 Å². The van der Waals surface area contributed by atoms with Crippen LogP contribution in [0.3, 0.4) is 0 Å². The second-order valence-corrected chi connectivity index (χ2v) is 6.39. The number of aryl methyl sites for hydroxylation is 2. The minimum Gasteiger partial charge on any atom is -0.351 e. The molecule has 1 fully saturated rings. The molecule has 0 aliphatic carbocycles. The summed E-state index contributed by atoms with van der Waals surface area (Å²) >= 11 is 0. The molecule has 2 amide bonds. The number of hydrogen-bond acceptors (Lipinski definition) is 3. The van der Waals surface area contributed by atoms with Crippen molar-refractivity contribution in [2.24, 2.45) is 7.05 Å². The van der Waals surface area contributed by atoms with E-state index in [0.717, 1.165) is 11.1 Å². The average molecular weight is 344 g/mol. The predicted octanol–water partition coefficient (Wildman–Crippen LogP) is 1.41. The fourth-order valence-corrected chi connectivity index (χ4v) is 3.04. The highest BCUT2D eigenvalue weighted by Crippen LogP contribution is 2.16. The van der Waals surface area contributed by atoms with Gasteiger partial charge in [-0.1, -0.05) is 12.1 Å². The summed E-state index contributed by atoms with van der Waals surface area (Å²) < 4.78 is 14.9. The van der Waals surface area contributed by atoms with Crippen molar-refractivity contribution < 1.29 is 14.0 Å². The first-order valence-corrected chi connectivity index (χ1v) is 8.29. The Morgan fingerprint density at radius 3 is 2.96 bits per heavy atom. The lowest BCUT2D eigenvalue weighted by atomic mass is 10.2. The van der Waals surface area contributed by atoms with Crippen molar-refractivity contribution in [1.82, 2.24) is 20.0 Å². The summed E-state index contributed by atoms with van der Waals surface area (Å²) in [5.74, 6) is -0.416. The fourth-order valence-electron chi connectivity index (χ4n) is 3.04. The number of amides is 2. The lowest BCUT2D eigenvalue weighted by Gasteiger charge is -2.17. The maximum Gasteiger partial charge on any atom is 0.225 e. The largest absolute Gasteiger partial charge is 0.351 e. The highest BCUT2D eigenvalue weighted by atomic mass is 19.1. The van der Waals surface area contributed by atoms with E-state index < -0.39 is 0 Å². The third kappa shape index (κ3) is 4.65. The predicted molar refractivity (Wildman–Crippen MR) is 89.9 cm³/mol. The Balaban J connectivity index is 1.47. The molecule has 0 spiro atoms. The number of nitrogens with zero attached hydrogens (tertiary/aromatic N) is 3. The van der Waals surface area contributed by atoms with Crippen molar-refractivity contribution in [3.05, 3.63) is 53.6 Å². The summed E-state index contributed by atoms with van der Waals surface area (Å²) in [6, 6.07) is 6.02. The zero-order chi connectivity index (χ0) is 17.8. The Labute approximate surface area is 145 Å². The lowest BCUT2D eigenvalue weighted by molar-refractivity contribution is -0.128.